The van der Waals surface area contributed by atoms with Gasteiger partial charge in [-0.1, -0.05) is 17.3 Å². The molecule has 5 nitrogen and oxygen atoms in total. The van der Waals surface area contributed by atoms with E-state index >= 15 is 0 Å². The van der Waals surface area contributed by atoms with Crippen molar-refractivity contribution in [2.75, 3.05) is 0 Å². The normalized spacial score (nSPS) is 10.9. The molecular formula is C19H17FN2O3. The SMILES string of the molecule is Cc1cc(-c2nc(-c3cccc(C(=O)O)c3C)no2)c(F)c(C)c1C. The van der Waals surface area contributed by atoms with E-state index in [0.29, 0.717) is 16.7 Å². The summed E-state index contributed by atoms with van der Waals surface area (Å²) < 4.78 is 19.8. The molecule has 0 saturated heterocycles. The standard InChI is InChI=1S/C19H17FN2O3/c1-9-8-15(16(20)11(3)10(9)2)18-21-17(22-25-18)13-6-5-7-14(12(13)4)19(23)24/h5-8H,1-4H3,(H,23,24). The highest BCUT2D eigenvalue weighted by Crippen LogP contribution is 2.30. The highest BCUT2D eigenvalue weighted by atomic mass is 19.1. The molecule has 0 aliphatic rings. The third-order valence-electron chi connectivity index (χ3n) is 4.54. The molecule has 0 aliphatic carbocycles. The van der Waals surface area contributed by atoms with Crippen LogP contribution < -0.4 is 0 Å². The van der Waals surface area contributed by atoms with Gasteiger partial charge in [-0.15, -0.1) is 0 Å². The maximum atomic E-state index is 14.6. The molecule has 0 spiro atoms. The van der Waals surface area contributed by atoms with E-state index in [1.807, 2.05) is 13.8 Å². The average Bonchev–Trinajstić information content (AvgIpc) is 3.05. The van der Waals surface area contributed by atoms with Crippen molar-refractivity contribution in [3.8, 4) is 22.8 Å². The highest BCUT2D eigenvalue weighted by molar-refractivity contribution is 5.91. The van der Waals surface area contributed by atoms with Crippen LogP contribution >= 0.6 is 0 Å². The number of aromatic carboxylic acids is 1. The third-order valence-corrected chi connectivity index (χ3v) is 4.54. The van der Waals surface area contributed by atoms with Crippen LogP contribution in [0.2, 0.25) is 0 Å². The molecule has 3 aromatic rings. The number of aromatic nitrogens is 2. The van der Waals surface area contributed by atoms with Crippen LogP contribution in [0.5, 0.6) is 0 Å². The van der Waals surface area contributed by atoms with E-state index in [1.165, 1.54) is 6.07 Å². The van der Waals surface area contributed by atoms with Crippen molar-refractivity contribution in [2.24, 2.45) is 0 Å². The van der Waals surface area contributed by atoms with Gasteiger partial charge in [0.2, 0.25) is 5.82 Å². The number of rotatable bonds is 3. The van der Waals surface area contributed by atoms with Gasteiger partial charge in [-0.05, 0) is 62.1 Å². The molecule has 0 amide bonds. The predicted molar refractivity (Wildman–Crippen MR) is 91.0 cm³/mol. The molecule has 1 N–H and O–H groups in total. The minimum absolute atomic E-state index is 0.0684. The maximum absolute atomic E-state index is 14.6. The Labute approximate surface area is 144 Å². The number of hydrogen-bond donors (Lipinski definition) is 1. The summed E-state index contributed by atoms with van der Waals surface area (Å²) in [5, 5.41) is 13.1. The van der Waals surface area contributed by atoms with E-state index in [-0.39, 0.29) is 22.8 Å². The van der Waals surface area contributed by atoms with Crippen molar-refractivity contribution in [1.29, 1.82) is 0 Å². The van der Waals surface area contributed by atoms with Crippen LogP contribution in [-0.4, -0.2) is 21.2 Å². The van der Waals surface area contributed by atoms with Crippen LogP contribution in [0.15, 0.2) is 28.8 Å². The van der Waals surface area contributed by atoms with Gasteiger partial charge >= 0.3 is 5.97 Å². The number of carboxylic acids is 1. The molecule has 128 valence electrons. The van der Waals surface area contributed by atoms with Gasteiger partial charge in [0.25, 0.3) is 5.89 Å². The third kappa shape index (κ3) is 2.80. The van der Waals surface area contributed by atoms with Gasteiger partial charge in [-0.2, -0.15) is 4.98 Å². The van der Waals surface area contributed by atoms with Gasteiger partial charge in [-0.3, -0.25) is 0 Å². The van der Waals surface area contributed by atoms with Crippen molar-refractivity contribution in [1.82, 2.24) is 10.1 Å². The van der Waals surface area contributed by atoms with Crippen molar-refractivity contribution < 1.29 is 18.8 Å². The second-order valence-electron chi connectivity index (χ2n) is 6.01. The second kappa shape index (κ2) is 6.12. The molecule has 2 aromatic carbocycles. The average molecular weight is 340 g/mol. The first-order valence-corrected chi connectivity index (χ1v) is 7.75. The summed E-state index contributed by atoms with van der Waals surface area (Å²) in [6, 6.07) is 6.50. The van der Waals surface area contributed by atoms with Crippen molar-refractivity contribution in [3.63, 3.8) is 0 Å². The topological polar surface area (TPSA) is 76.2 Å². The lowest BCUT2D eigenvalue weighted by Crippen LogP contribution is -2.01. The number of benzene rings is 2. The molecule has 1 heterocycles. The highest BCUT2D eigenvalue weighted by Gasteiger charge is 2.20. The van der Waals surface area contributed by atoms with Crippen molar-refractivity contribution in [2.45, 2.75) is 27.7 Å². The van der Waals surface area contributed by atoms with Crippen LogP contribution in [-0.2, 0) is 0 Å². The summed E-state index contributed by atoms with van der Waals surface area (Å²) in [5.74, 6) is -1.13. The van der Waals surface area contributed by atoms with Crippen LogP contribution in [0.1, 0.15) is 32.6 Å². The number of aryl methyl sites for hydroxylation is 1. The predicted octanol–water partition coefficient (Wildman–Crippen LogP) is 4.47. The van der Waals surface area contributed by atoms with Crippen LogP contribution in [0.25, 0.3) is 22.8 Å². The zero-order valence-corrected chi connectivity index (χ0v) is 14.3. The number of hydrogen-bond acceptors (Lipinski definition) is 4. The summed E-state index contributed by atoms with van der Waals surface area (Å²) in [6.45, 7) is 7.13. The van der Waals surface area contributed by atoms with E-state index in [4.69, 9.17) is 4.52 Å². The Morgan fingerprint density at radius 1 is 1.08 bits per heavy atom. The van der Waals surface area contributed by atoms with Gasteiger partial charge in [-0.25, -0.2) is 9.18 Å². The van der Waals surface area contributed by atoms with Crippen LogP contribution in [0.4, 0.5) is 4.39 Å². The van der Waals surface area contributed by atoms with Crippen LogP contribution in [0.3, 0.4) is 0 Å². The zero-order chi connectivity index (χ0) is 18.3. The molecule has 0 radical (unpaired) electrons. The molecule has 25 heavy (non-hydrogen) atoms. The number of nitrogens with zero attached hydrogens (tertiary/aromatic N) is 2. The summed E-state index contributed by atoms with van der Waals surface area (Å²) in [7, 11) is 0. The summed E-state index contributed by atoms with van der Waals surface area (Å²) in [5.41, 5.74) is 3.82. The molecule has 0 fully saturated rings. The van der Waals surface area contributed by atoms with Crippen molar-refractivity contribution >= 4 is 5.97 Å². The molecule has 3 rings (SSSR count). The number of halogens is 1. The molecule has 6 heteroatoms. The van der Waals surface area contributed by atoms with E-state index in [2.05, 4.69) is 10.1 Å². The molecule has 1 aromatic heterocycles. The maximum Gasteiger partial charge on any atom is 0.335 e. The van der Waals surface area contributed by atoms with Gasteiger partial charge < -0.3 is 9.63 Å². The summed E-state index contributed by atoms with van der Waals surface area (Å²) in [6.07, 6.45) is 0. The van der Waals surface area contributed by atoms with Crippen LogP contribution in [0, 0.1) is 33.5 Å². The quantitative estimate of drug-likeness (QED) is 0.761. The Bertz CT molecular complexity index is 993. The molecule has 0 unspecified atom stereocenters. The van der Waals surface area contributed by atoms with Gasteiger partial charge in [0, 0.05) is 5.56 Å². The van der Waals surface area contributed by atoms with E-state index < -0.39 is 11.8 Å². The zero-order valence-electron chi connectivity index (χ0n) is 14.3. The fourth-order valence-corrected chi connectivity index (χ4v) is 2.76. The summed E-state index contributed by atoms with van der Waals surface area (Å²) in [4.78, 5) is 15.5. The van der Waals surface area contributed by atoms with Crippen molar-refractivity contribution in [3.05, 3.63) is 57.9 Å². The minimum atomic E-state index is -1.03. The molecule has 0 atom stereocenters. The minimum Gasteiger partial charge on any atom is -0.478 e. The Hall–Kier alpha value is -3.02. The Morgan fingerprint density at radius 3 is 2.48 bits per heavy atom. The Kier molecular flexibility index (Phi) is 4.12. The lowest BCUT2D eigenvalue weighted by atomic mass is 9.99. The smallest absolute Gasteiger partial charge is 0.335 e. The fraction of sp³-hybridized carbons (Fsp3) is 0.211. The van der Waals surface area contributed by atoms with E-state index in [9.17, 15) is 14.3 Å². The lowest BCUT2D eigenvalue weighted by molar-refractivity contribution is 0.0696. The fourth-order valence-electron chi connectivity index (χ4n) is 2.76. The number of carboxylic acid groups (broad SMARTS) is 1. The van der Waals surface area contributed by atoms with Gasteiger partial charge in [0.05, 0.1) is 11.1 Å². The molecule has 0 aliphatic heterocycles. The molecule has 0 saturated carbocycles. The molecule has 0 bridgehead atoms. The first kappa shape index (κ1) is 16.8. The first-order valence-electron chi connectivity index (χ1n) is 7.75. The monoisotopic (exact) mass is 340 g/mol. The Balaban J connectivity index is 2.11. The first-order chi connectivity index (χ1) is 11.8. The Morgan fingerprint density at radius 2 is 1.80 bits per heavy atom. The summed E-state index contributed by atoms with van der Waals surface area (Å²) >= 11 is 0. The lowest BCUT2D eigenvalue weighted by Gasteiger charge is -2.08. The van der Waals surface area contributed by atoms with Gasteiger partial charge in [0.1, 0.15) is 5.82 Å². The second-order valence-corrected chi connectivity index (χ2v) is 6.01. The molecular weight excluding hydrogens is 323 g/mol. The van der Waals surface area contributed by atoms with E-state index in [1.54, 1.807) is 32.0 Å². The van der Waals surface area contributed by atoms with Gasteiger partial charge in [0.15, 0.2) is 0 Å². The number of carbonyl (C=O) groups is 1. The largest absolute Gasteiger partial charge is 0.478 e. The van der Waals surface area contributed by atoms with E-state index in [0.717, 1.165) is 11.1 Å².